The summed E-state index contributed by atoms with van der Waals surface area (Å²) in [5, 5.41) is 15.1. The molecule has 0 saturated heterocycles. The molecule has 1 aliphatic rings. The Morgan fingerprint density at radius 3 is 2.66 bits per heavy atom. The fourth-order valence-corrected chi connectivity index (χ4v) is 5.14. The van der Waals surface area contributed by atoms with Crippen LogP contribution in [-0.2, 0) is 13.0 Å². The molecule has 5 rings (SSSR count). The van der Waals surface area contributed by atoms with Gasteiger partial charge in [0.2, 0.25) is 10.8 Å². The van der Waals surface area contributed by atoms with Crippen LogP contribution in [0.25, 0.3) is 4.96 Å². The monoisotopic (exact) mass is 412 g/mol. The van der Waals surface area contributed by atoms with Gasteiger partial charge in [0, 0.05) is 13.1 Å². The van der Waals surface area contributed by atoms with Crippen molar-refractivity contribution in [3.8, 4) is 5.88 Å². The molecule has 1 N–H and O–H groups in total. The first-order valence-corrected chi connectivity index (χ1v) is 10.1. The summed E-state index contributed by atoms with van der Waals surface area (Å²) in [6.07, 6.45) is 0.844. The third-order valence-electron chi connectivity index (χ3n) is 5.34. The highest BCUT2D eigenvalue weighted by atomic mass is 32.1. The smallest absolute Gasteiger partial charge is 0.230 e. The van der Waals surface area contributed by atoms with Gasteiger partial charge >= 0.3 is 0 Å². The van der Waals surface area contributed by atoms with Crippen molar-refractivity contribution in [1.82, 2.24) is 19.5 Å². The molecule has 2 aromatic carbocycles. The third kappa shape index (κ3) is 3.08. The first-order chi connectivity index (χ1) is 14.0. The number of hydrogen-bond donors (Lipinski definition) is 1. The molecule has 1 aliphatic heterocycles. The van der Waals surface area contributed by atoms with Crippen molar-refractivity contribution in [3.05, 3.63) is 81.5 Å². The first kappa shape index (κ1) is 18.2. The molecular weight excluding hydrogens is 394 g/mol. The van der Waals surface area contributed by atoms with Gasteiger partial charge in [-0.25, -0.2) is 13.8 Å². The maximum atomic E-state index is 14.1. The van der Waals surface area contributed by atoms with E-state index in [1.807, 2.05) is 12.1 Å². The maximum absolute atomic E-state index is 14.1. The highest BCUT2D eigenvalue weighted by Gasteiger charge is 2.32. The number of nitrogens with zero attached hydrogens (tertiary/aromatic N) is 4. The summed E-state index contributed by atoms with van der Waals surface area (Å²) in [5.41, 5.74) is 3.07. The number of aromatic hydroxyl groups is 1. The van der Waals surface area contributed by atoms with Gasteiger partial charge in [-0.3, -0.25) is 4.90 Å². The molecule has 0 spiro atoms. The predicted octanol–water partition coefficient (Wildman–Crippen LogP) is 4.23. The van der Waals surface area contributed by atoms with Crippen LogP contribution >= 0.6 is 11.3 Å². The van der Waals surface area contributed by atoms with Crippen molar-refractivity contribution < 1.29 is 13.9 Å². The number of fused-ring (bicyclic) bond motifs is 2. The van der Waals surface area contributed by atoms with Gasteiger partial charge in [-0.05, 0) is 42.2 Å². The van der Waals surface area contributed by atoms with Crippen LogP contribution in [0.2, 0.25) is 0 Å². The number of aromatic nitrogens is 3. The Hall–Kier alpha value is -2.84. The van der Waals surface area contributed by atoms with E-state index in [-0.39, 0.29) is 5.88 Å². The van der Waals surface area contributed by atoms with E-state index in [0.29, 0.717) is 27.8 Å². The lowest BCUT2D eigenvalue weighted by Gasteiger charge is -2.35. The Morgan fingerprint density at radius 1 is 1.10 bits per heavy atom. The second kappa shape index (κ2) is 6.89. The molecule has 2 aromatic heterocycles. The van der Waals surface area contributed by atoms with Gasteiger partial charge in [0.25, 0.3) is 0 Å². The Bertz CT molecular complexity index is 1220. The highest BCUT2D eigenvalue weighted by Crippen LogP contribution is 2.41. The zero-order valence-electron chi connectivity index (χ0n) is 15.6. The van der Waals surface area contributed by atoms with E-state index in [4.69, 9.17) is 0 Å². The lowest BCUT2D eigenvalue weighted by Crippen LogP contribution is -2.34. The normalized spacial score (nSPS) is 15.6. The fourth-order valence-electron chi connectivity index (χ4n) is 3.97. The molecule has 0 fully saturated rings. The van der Waals surface area contributed by atoms with Crippen LogP contribution in [0.4, 0.5) is 8.78 Å². The second-order valence-corrected chi connectivity index (χ2v) is 8.22. The van der Waals surface area contributed by atoms with Crippen molar-refractivity contribution in [2.75, 3.05) is 6.54 Å². The van der Waals surface area contributed by atoms with Crippen molar-refractivity contribution in [2.24, 2.45) is 0 Å². The molecule has 8 heteroatoms. The van der Waals surface area contributed by atoms with Gasteiger partial charge in [-0.15, -0.1) is 5.10 Å². The summed E-state index contributed by atoms with van der Waals surface area (Å²) in [5.74, 6) is -1.24. The van der Waals surface area contributed by atoms with Crippen molar-refractivity contribution in [1.29, 1.82) is 0 Å². The van der Waals surface area contributed by atoms with Crippen LogP contribution < -0.4 is 0 Å². The maximum Gasteiger partial charge on any atom is 0.230 e. The molecule has 0 saturated carbocycles. The number of halogens is 2. The summed E-state index contributed by atoms with van der Waals surface area (Å²) >= 11 is 1.31. The molecule has 4 aromatic rings. The zero-order chi connectivity index (χ0) is 20.1. The van der Waals surface area contributed by atoms with Crippen LogP contribution in [0.5, 0.6) is 5.88 Å². The van der Waals surface area contributed by atoms with E-state index < -0.39 is 17.7 Å². The standard InChI is InChI=1S/C21H18F2N4OS/c1-12-24-21-27(25-12)20(28)19(29-21)18(14-6-7-16(22)17(23)10-14)26-9-8-13-4-2-3-5-15(13)11-26/h2-7,10,18,28H,8-9,11H2,1H3/t18-/m1/s1. The van der Waals surface area contributed by atoms with Gasteiger partial charge in [0.1, 0.15) is 5.82 Å². The molecular formula is C21H18F2N4OS. The van der Waals surface area contributed by atoms with Crippen molar-refractivity contribution >= 4 is 16.3 Å². The number of thiazole rings is 1. The number of hydrogen-bond acceptors (Lipinski definition) is 5. The van der Waals surface area contributed by atoms with Gasteiger partial charge in [-0.2, -0.15) is 4.52 Å². The molecule has 148 valence electrons. The number of rotatable bonds is 3. The molecule has 0 radical (unpaired) electrons. The second-order valence-electron chi connectivity index (χ2n) is 7.21. The van der Waals surface area contributed by atoms with Gasteiger partial charge in [0.05, 0.1) is 10.9 Å². The molecule has 0 aliphatic carbocycles. The third-order valence-corrected chi connectivity index (χ3v) is 6.41. The van der Waals surface area contributed by atoms with Gasteiger partial charge in [-0.1, -0.05) is 41.7 Å². The van der Waals surface area contributed by atoms with Crippen LogP contribution in [0, 0.1) is 18.6 Å². The number of benzene rings is 2. The molecule has 0 bridgehead atoms. The van der Waals surface area contributed by atoms with E-state index in [9.17, 15) is 13.9 Å². The molecule has 5 nitrogen and oxygen atoms in total. The van der Waals surface area contributed by atoms with Crippen LogP contribution in [0.3, 0.4) is 0 Å². The number of aryl methyl sites for hydroxylation is 1. The molecule has 3 heterocycles. The minimum atomic E-state index is -0.903. The zero-order valence-corrected chi connectivity index (χ0v) is 16.5. The molecule has 0 amide bonds. The summed E-state index contributed by atoms with van der Waals surface area (Å²) in [4.78, 5) is 7.70. The largest absolute Gasteiger partial charge is 0.492 e. The van der Waals surface area contributed by atoms with Gasteiger partial charge in [0.15, 0.2) is 11.6 Å². The Kier molecular flexibility index (Phi) is 4.33. The molecule has 0 unspecified atom stereocenters. The van der Waals surface area contributed by atoms with E-state index in [1.54, 1.807) is 13.0 Å². The first-order valence-electron chi connectivity index (χ1n) is 9.32. The average molecular weight is 412 g/mol. The van der Waals surface area contributed by atoms with Crippen LogP contribution in [-0.4, -0.2) is 31.1 Å². The highest BCUT2D eigenvalue weighted by molar-refractivity contribution is 7.17. The summed E-state index contributed by atoms with van der Waals surface area (Å²) < 4.78 is 29.1. The predicted molar refractivity (Wildman–Crippen MR) is 106 cm³/mol. The lowest BCUT2D eigenvalue weighted by atomic mass is 9.95. The van der Waals surface area contributed by atoms with Gasteiger partial charge < -0.3 is 5.11 Å². The summed E-state index contributed by atoms with van der Waals surface area (Å²) in [7, 11) is 0. The van der Waals surface area contributed by atoms with E-state index in [1.165, 1.54) is 33.0 Å². The van der Waals surface area contributed by atoms with Crippen LogP contribution in [0.15, 0.2) is 42.5 Å². The fraction of sp³-hybridized carbons (Fsp3) is 0.238. The quantitative estimate of drug-likeness (QED) is 0.547. The van der Waals surface area contributed by atoms with Crippen molar-refractivity contribution in [3.63, 3.8) is 0 Å². The Labute approximate surface area is 169 Å². The average Bonchev–Trinajstić information content (AvgIpc) is 3.22. The van der Waals surface area contributed by atoms with E-state index >= 15 is 0 Å². The Balaban J connectivity index is 1.64. The Morgan fingerprint density at radius 2 is 1.90 bits per heavy atom. The molecule has 29 heavy (non-hydrogen) atoms. The lowest BCUT2D eigenvalue weighted by molar-refractivity contribution is 0.205. The minimum Gasteiger partial charge on any atom is -0.492 e. The summed E-state index contributed by atoms with van der Waals surface area (Å²) in [6, 6.07) is 11.7. The summed E-state index contributed by atoms with van der Waals surface area (Å²) in [6.45, 7) is 3.13. The minimum absolute atomic E-state index is 0.0146. The SMILES string of the molecule is Cc1nc2sc([C@@H](c3ccc(F)c(F)c3)N3CCc4ccccc4C3)c(O)n2n1. The van der Waals surface area contributed by atoms with E-state index in [2.05, 4.69) is 27.1 Å². The van der Waals surface area contributed by atoms with Crippen LogP contribution in [0.1, 0.15) is 33.4 Å². The van der Waals surface area contributed by atoms with Crippen molar-refractivity contribution in [2.45, 2.75) is 25.9 Å². The molecule has 1 atom stereocenters. The van der Waals surface area contributed by atoms with E-state index in [0.717, 1.165) is 19.0 Å². The topological polar surface area (TPSA) is 53.7 Å².